The molecule has 0 bridgehead atoms. The first-order valence-electron chi connectivity index (χ1n) is 4.11. The number of fused-ring (bicyclic) bond motifs is 1. The third-order valence-electron chi connectivity index (χ3n) is 2.08. The van der Waals surface area contributed by atoms with Gasteiger partial charge < -0.3 is 9.55 Å². The quantitative estimate of drug-likeness (QED) is 0.775. The number of hydrogen-bond acceptors (Lipinski definition) is 1. The van der Waals surface area contributed by atoms with Gasteiger partial charge >= 0.3 is 0 Å². The predicted octanol–water partition coefficient (Wildman–Crippen LogP) is 3.48. The minimum Gasteiger partial charge on any atom is -0.330 e. The monoisotopic (exact) mass is 256 g/mol. The van der Waals surface area contributed by atoms with Crippen molar-refractivity contribution in [2.24, 2.45) is 0 Å². The van der Waals surface area contributed by atoms with Gasteiger partial charge in [-0.15, -0.1) is 0 Å². The Kier molecular flexibility index (Phi) is 2.26. The summed E-state index contributed by atoms with van der Waals surface area (Å²) < 4.78 is 3.92. The molecule has 68 valence electrons. The van der Waals surface area contributed by atoms with Gasteiger partial charge in [0.15, 0.2) is 4.77 Å². The zero-order valence-corrected chi connectivity index (χ0v) is 9.58. The first-order valence-corrected chi connectivity index (χ1v) is 5.31. The Morgan fingerprint density at radius 3 is 3.00 bits per heavy atom. The predicted molar refractivity (Wildman–Crippen MR) is 60.5 cm³/mol. The molecule has 0 atom stereocenters. The lowest BCUT2D eigenvalue weighted by molar-refractivity contribution is 0.774. The zero-order chi connectivity index (χ0) is 9.42. The number of aromatic nitrogens is 2. The molecule has 0 aliphatic heterocycles. The number of benzene rings is 1. The van der Waals surface area contributed by atoms with Crippen molar-refractivity contribution in [3.63, 3.8) is 0 Å². The number of nitrogens with one attached hydrogen (secondary N) is 1. The van der Waals surface area contributed by atoms with Gasteiger partial charge in [-0.25, -0.2) is 0 Å². The molecule has 1 aromatic heterocycles. The molecule has 0 aliphatic rings. The standard InChI is InChI=1S/C9H9BrN2S/c1-2-12-7-5-3-4-6(10)8(7)11-9(12)13/h3-5H,2H2,1H3,(H,11,13). The summed E-state index contributed by atoms with van der Waals surface area (Å²) in [5.41, 5.74) is 2.23. The summed E-state index contributed by atoms with van der Waals surface area (Å²) in [5.74, 6) is 0. The second-order valence-corrected chi connectivity index (χ2v) is 4.05. The van der Waals surface area contributed by atoms with Crippen molar-refractivity contribution in [3.05, 3.63) is 27.4 Å². The van der Waals surface area contributed by atoms with Crippen LogP contribution in [-0.2, 0) is 6.54 Å². The average Bonchev–Trinajstić information content (AvgIpc) is 2.43. The fourth-order valence-corrected chi connectivity index (χ4v) is 2.24. The van der Waals surface area contributed by atoms with E-state index in [0.29, 0.717) is 0 Å². The van der Waals surface area contributed by atoms with E-state index in [9.17, 15) is 0 Å². The third-order valence-corrected chi connectivity index (χ3v) is 3.06. The molecular weight excluding hydrogens is 248 g/mol. The van der Waals surface area contributed by atoms with Gasteiger partial charge in [-0.05, 0) is 47.2 Å². The molecule has 0 fully saturated rings. The SMILES string of the molecule is CCn1c(=S)[nH]c2c(Br)cccc21. The lowest BCUT2D eigenvalue weighted by Crippen LogP contribution is -1.92. The lowest BCUT2D eigenvalue weighted by Gasteiger charge is -1.98. The van der Waals surface area contributed by atoms with E-state index in [4.69, 9.17) is 12.2 Å². The number of halogens is 1. The molecule has 13 heavy (non-hydrogen) atoms. The van der Waals surface area contributed by atoms with Crippen LogP contribution < -0.4 is 0 Å². The molecule has 0 unspecified atom stereocenters. The first-order chi connectivity index (χ1) is 6.24. The summed E-state index contributed by atoms with van der Waals surface area (Å²) in [6, 6.07) is 6.09. The first kappa shape index (κ1) is 8.97. The number of imidazole rings is 1. The molecule has 2 nitrogen and oxygen atoms in total. The Balaban J connectivity index is 2.94. The van der Waals surface area contributed by atoms with Gasteiger partial charge in [0.2, 0.25) is 0 Å². The number of aryl methyl sites for hydroxylation is 1. The van der Waals surface area contributed by atoms with Gasteiger partial charge in [-0.1, -0.05) is 6.07 Å². The largest absolute Gasteiger partial charge is 0.330 e. The second-order valence-electron chi connectivity index (χ2n) is 2.81. The van der Waals surface area contributed by atoms with Crippen LogP contribution in [-0.4, -0.2) is 9.55 Å². The highest BCUT2D eigenvalue weighted by atomic mass is 79.9. The van der Waals surface area contributed by atoms with Crippen LogP contribution in [0.2, 0.25) is 0 Å². The molecule has 0 spiro atoms. The molecule has 1 N–H and O–H groups in total. The highest BCUT2D eigenvalue weighted by Crippen LogP contribution is 2.22. The van der Waals surface area contributed by atoms with Crippen molar-refractivity contribution in [1.29, 1.82) is 0 Å². The Labute approximate surface area is 89.7 Å². The Morgan fingerprint density at radius 2 is 2.31 bits per heavy atom. The van der Waals surface area contributed by atoms with Crippen LogP contribution in [0.5, 0.6) is 0 Å². The topological polar surface area (TPSA) is 20.7 Å². The molecule has 2 rings (SSSR count). The number of hydrogen-bond donors (Lipinski definition) is 1. The van der Waals surface area contributed by atoms with E-state index in [0.717, 1.165) is 26.8 Å². The van der Waals surface area contributed by atoms with Crippen LogP contribution in [0.1, 0.15) is 6.92 Å². The maximum absolute atomic E-state index is 5.20. The fourth-order valence-electron chi connectivity index (χ4n) is 1.46. The van der Waals surface area contributed by atoms with E-state index >= 15 is 0 Å². The summed E-state index contributed by atoms with van der Waals surface area (Å²) in [5, 5.41) is 0. The molecule has 0 saturated carbocycles. The van der Waals surface area contributed by atoms with Gasteiger partial charge in [-0.3, -0.25) is 0 Å². The molecule has 0 saturated heterocycles. The number of rotatable bonds is 1. The summed E-state index contributed by atoms with van der Waals surface area (Å²) in [4.78, 5) is 3.18. The lowest BCUT2D eigenvalue weighted by atomic mass is 10.3. The summed E-state index contributed by atoms with van der Waals surface area (Å²) in [6.07, 6.45) is 0. The van der Waals surface area contributed by atoms with E-state index < -0.39 is 0 Å². The molecule has 1 heterocycles. The number of aromatic amines is 1. The summed E-state index contributed by atoms with van der Waals surface area (Å²) in [7, 11) is 0. The van der Waals surface area contributed by atoms with Crippen LogP contribution in [0, 0.1) is 4.77 Å². The van der Waals surface area contributed by atoms with E-state index in [-0.39, 0.29) is 0 Å². The molecular formula is C9H9BrN2S. The smallest absolute Gasteiger partial charge is 0.178 e. The van der Waals surface area contributed by atoms with Crippen molar-refractivity contribution in [2.75, 3.05) is 0 Å². The third kappa shape index (κ3) is 1.34. The molecule has 2 aromatic rings. The van der Waals surface area contributed by atoms with Crippen LogP contribution in [0.25, 0.3) is 11.0 Å². The van der Waals surface area contributed by atoms with Gasteiger partial charge in [-0.2, -0.15) is 0 Å². The molecule has 0 aliphatic carbocycles. The maximum Gasteiger partial charge on any atom is 0.178 e. The Hall–Kier alpha value is -0.610. The minimum atomic E-state index is 0.782. The van der Waals surface area contributed by atoms with E-state index in [1.807, 2.05) is 12.1 Å². The highest BCUT2D eigenvalue weighted by Gasteiger charge is 2.04. The average molecular weight is 257 g/mol. The van der Waals surface area contributed by atoms with Crippen molar-refractivity contribution in [2.45, 2.75) is 13.5 Å². The highest BCUT2D eigenvalue weighted by molar-refractivity contribution is 9.10. The fraction of sp³-hybridized carbons (Fsp3) is 0.222. The number of nitrogens with zero attached hydrogens (tertiary/aromatic N) is 1. The van der Waals surface area contributed by atoms with Crippen LogP contribution in [0.4, 0.5) is 0 Å². The van der Waals surface area contributed by atoms with E-state index in [1.165, 1.54) is 0 Å². The van der Waals surface area contributed by atoms with Crippen molar-refractivity contribution >= 4 is 39.2 Å². The van der Waals surface area contributed by atoms with Gasteiger partial charge in [0, 0.05) is 11.0 Å². The second kappa shape index (κ2) is 3.27. The normalized spacial score (nSPS) is 10.9. The molecule has 0 radical (unpaired) electrons. The van der Waals surface area contributed by atoms with Gasteiger partial charge in [0.25, 0.3) is 0 Å². The summed E-state index contributed by atoms with van der Waals surface area (Å²) in [6.45, 7) is 2.99. The van der Waals surface area contributed by atoms with Crippen LogP contribution in [0.15, 0.2) is 22.7 Å². The van der Waals surface area contributed by atoms with Crippen molar-refractivity contribution in [1.82, 2.24) is 9.55 Å². The molecule has 0 amide bonds. The van der Waals surface area contributed by atoms with Crippen LogP contribution in [0.3, 0.4) is 0 Å². The van der Waals surface area contributed by atoms with Crippen molar-refractivity contribution < 1.29 is 0 Å². The minimum absolute atomic E-state index is 0.782. The Morgan fingerprint density at radius 1 is 1.54 bits per heavy atom. The van der Waals surface area contributed by atoms with Crippen molar-refractivity contribution in [3.8, 4) is 0 Å². The molecule has 4 heteroatoms. The number of H-pyrrole nitrogens is 1. The van der Waals surface area contributed by atoms with Gasteiger partial charge in [0.1, 0.15) is 0 Å². The Bertz CT molecular complexity index is 498. The zero-order valence-electron chi connectivity index (χ0n) is 7.17. The number of para-hydroxylation sites is 1. The van der Waals surface area contributed by atoms with E-state index in [1.54, 1.807) is 0 Å². The van der Waals surface area contributed by atoms with Crippen LogP contribution >= 0.6 is 28.1 Å². The van der Waals surface area contributed by atoms with Gasteiger partial charge in [0.05, 0.1) is 11.0 Å². The maximum atomic E-state index is 5.20. The molecule has 1 aromatic carbocycles. The van der Waals surface area contributed by atoms with E-state index in [2.05, 4.69) is 38.5 Å². The summed E-state index contributed by atoms with van der Waals surface area (Å²) >= 11 is 8.68.